The van der Waals surface area contributed by atoms with Crippen LogP contribution < -0.4 is 5.32 Å². The van der Waals surface area contributed by atoms with Crippen LogP contribution in [0.2, 0.25) is 0 Å². The highest BCUT2D eigenvalue weighted by molar-refractivity contribution is 5.90. The molecular formula is C16H16FNO3. The molecule has 0 fully saturated rings. The van der Waals surface area contributed by atoms with Gasteiger partial charge in [-0.25, -0.2) is 9.18 Å². The van der Waals surface area contributed by atoms with Crippen molar-refractivity contribution in [2.75, 3.05) is 12.4 Å². The van der Waals surface area contributed by atoms with Crippen LogP contribution >= 0.6 is 0 Å². The SMILES string of the molecule is COC(=O)c1cccc(NC(C)c2ccc(F)cc2O)c1. The molecule has 2 N–H and O–H groups in total. The molecule has 1 atom stereocenters. The molecule has 0 aromatic heterocycles. The third-order valence-electron chi connectivity index (χ3n) is 3.13. The van der Waals surface area contributed by atoms with Gasteiger partial charge in [0.25, 0.3) is 0 Å². The van der Waals surface area contributed by atoms with E-state index in [0.29, 0.717) is 16.8 Å². The topological polar surface area (TPSA) is 58.6 Å². The normalized spacial score (nSPS) is 11.8. The minimum Gasteiger partial charge on any atom is -0.507 e. The van der Waals surface area contributed by atoms with Gasteiger partial charge in [0.05, 0.1) is 18.7 Å². The van der Waals surface area contributed by atoms with E-state index in [1.165, 1.54) is 19.2 Å². The minimum atomic E-state index is -0.490. The Hall–Kier alpha value is -2.56. The number of benzene rings is 2. The van der Waals surface area contributed by atoms with Gasteiger partial charge in [-0.2, -0.15) is 0 Å². The van der Waals surface area contributed by atoms with Gasteiger partial charge in [-0.3, -0.25) is 0 Å². The molecule has 0 bridgehead atoms. The van der Waals surface area contributed by atoms with Crippen LogP contribution in [0.3, 0.4) is 0 Å². The summed E-state index contributed by atoms with van der Waals surface area (Å²) in [4.78, 5) is 11.5. The minimum absolute atomic E-state index is 0.112. The molecule has 0 aliphatic carbocycles. The van der Waals surface area contributed by atoms with Crippen molar-refractivity contribution in [3.63, 3.8) is 0 Å². The first-order valence-electron chi connectivity index (χ1n) is 6.44. The molecular weight excluding hydrogens is 273 g/mol. The summed E-state index contributed by atoms with van der Waals surface area (Å²) in [5.74, 6) is -1.02. The van der Waals surface area contributed by atoms with E-state index in [1.54, 1.807) is 24.3 Å². The fraction of sp³-hybridized carbons (Fsp3) is 0.188. The van der Waals surface area contributed by atoms with Crippen molar-refractivity contribution >= 4 is 11.7 Å². The predicted molar refractivity (Wildman–Crippen MR) is 77.9 cm³/mol. The number of phenolic OH excluding ortho intramolecular Hbond substituents is 1. The van der Waals surface area contributed by atoms with Crippen molar-refractivity contribution in [3.05, 3.63) is 59.4 Å². The summed E-state index contributed by atoms with van der Waals surface area (Å²) >= 11 is 0. The number of phenols is 1. The third-order valence-corrected chi connectivity index (χ3v) is 3.13. The van der Waals surface area contributed by atoms with E-state index in [1.807, 2.05) is 6.92 Å². The van der Waals surface area contributed by atoms with E-state index in [4.69, 9.17) is 0 Å². The molecule has 4 nitrogen and oxygen atoms in total. The summed E-state index contributed by atoms with van der Waals surface area (Å²) in [6, 6.07) is 10.5. The monoisotopic (exact) mass is 289 g/mol. The lowest BCUT2D eigenvalue weighted by Gasteiger charge is -2.17. The number of aromatic hydroxyl groups is 1. The first-order valence-corrected chi connectivity index (χ1v) is 6.44. The molecule has 0 saturated carbocycles. The molecule has 2 aromatic carbocycles. The highest BCUT2D eigenvalue weighted by atomic mass is 19.1. The molecule has 0 aliphatic rings. The number of methoxy groups -OCH3 is 1. The molecule has 1 unspecified atom stereocenters. The van der Waals surface area contributed by atoms with Gasteiger partial charge in [0.15, 0.2) is 0 Å². The van der Waals surface area contributed by atoms with Crippen molar-refractivity contribution in [2.24, 2.45) is 0 Å². The fourth-order valence-corrected chi connectivity index (χ4v) is 2.06. The average Bonchev–Trinajstić information content (AvgIpc) is 2.46. The average molecular weight is 289 g/mol. The van der Waals surface area contributed by atoms with Crippen LogP contribution in [0.15, 0.2) is 42.5 Å². The Morgan fingerprint density at radius 1 is 1.29 bits per heavy atom. The Labute approximate surface area is 122 Å². The zero-order valence-corrected chi connectivity index (χ0v) is 11.8. The Balaban J connectivity index is 2.19. The van der Waals surface area contributed by atoms with Gasteiger partial charge in [-0.1, -0.05) is 12.1 Å². The number of anilines is 1. The maximum atomic E-state index is 13.0. The fourth-order valence-electron chi connectivity index (χ4n) is 2.06. The van der Waals surface area contributed by atoms with Crippen LogP contribution in [-0.4, -0.2) is 18.2 Å². The lowest BCUT2D eigenvalue weighted by atomic mass is 10.1. The van der Waals surface area contributed by atoms with Crippen molar-refractivity contribution < 1.29 is 19.0 Å². The van der Waals surface area contributed by atoms with Crippen LogP contribution in [0.4, 0.5) is 10.1 Å². The van der Waals surface area contributed by atoms with Crippen LogP contribution in [0.1, 0.15) is 28.9 Å². The first-order chi connectivity index (χ1) is 10.0. The Morgan fingerprint density at radius 3 is 2.71 bits per heavy atom. The second kappa shape index (κ2) is 6.26. The summed E-state index contributed by atoms with van der Waals surface area (Å²) < 4.78 is 17.7. The highest BCUT2D eigenvalue weighted by Crippen LogP contribution is 2.27. The van der Waals surface area contributed by atoms with E-state index < -0.39 is 11.8 Å². The quantitative estimate of drug-likeness (QED) is 0.846. The van der Waals surface area contributed by atoms with Gasteiger partial charge in [0.1, 0.15) is 11.6 Å². The Bertz CT molecular complexity index is 658. The lowest BCUT2D eigenvalue weighted by molar-refractivity contribution is 0.0601. The van der Waals surface area contributed by atoms with Crippen molar-refractivity contribution in [1.82, 2.24) is 0 Å². The highest BCUT2D eigenvalue weighted by Gasteiger charge is 2.12. The van der Waals surface area contributed by atoms with Gasteiger partial charge in [0, 0.05) is 17.3 Å². The van der Waals surface area contributed by atoms with E-state index in [0.717, 1.165) is 6.07 Å². The molecule has 0 aliphatic heterocycles. The molecule has 0 radical (unpaired) electrons. The van der Waals surface area contributed by atoms with Gasteiger partial charge >= 0.3 is 5.97 Å². The van der Waals surface area contributed by atoms with Crippen molar-refractivity contribution in [2.45, 2.75) is 13.0 Å². The summed E-state index contributed by atoms with van der Waals surface area (Å²) in [5, 5.41) is 12.9. The largest absolute Gasteiger partial charge is 0.507 e. The Kier molecular flexibility index (Phi) is 4.42. The smallest absolute Gasteiger partial charge is 0.337 e. The summed E-state index contributed by atoms with van der Waals surface area (Å²) in [5.41, 5.74) is 1.70. The van der Waals surface area contributed by atoms with Crippen LogP contribution in [0.25, 0.3) is 0 Å². The summed E-state index contributed by atoms with van der Waals surface area (Å²) in [6.45, 7) is 1.83. The van der Waals surface area contributed by atoms with E-state index in [9.17, 15) is 14.3 Å². The molecule has 110 valence electrons. The van der Waals surface area contributed by atoms with Crippen molar-refractivity contribution in [1.29, 1.82) is 0 Å². The zero-order valence-electron chi connectivity index (χ0n) is 11.8. The maximum Gasteiger partial charge on any atom is 0.337 e. The van der Waals surface area contributed by atoms with E-state index in [-0.39, 0.29) is 11.8 Å². The van der Waals surface area contributed by atoms with Crippen LogP contribution in [0, 0.1) is 5.82 Å². The van der Waals surface area contributed by atoms with Gasteiger partial charge < -0.3 is 15.2 Å². The molecule has 0 spiro atoms. The van der Waals surface area contributed by atoms with E-state index in [2.05, 4.69) is 10.1 Å². The molecule has 5 heteroatoms. The van der Waals surface area contributed by atoms with Gasteiger partial charge in [-0.05, 0) is 31.2 Å². The summed E-state index contributed by atoms with van der Waals surface area (Å²) in [6.07, 6.45) is 0. The number of rotatable bonds is 4. The second-order valence-electron chi connectivity index (χ2n) is 4.64. The number of halogens is 1. The second-order valence-corrected chi connectivity index (χ2v) is 4.64. The molecule has 0 heterocycles. The number of esters is 1. The van der Waals surface area contributed by atoms with Gasteiger partial charge in [0.2, 0.25) is 0 Å². The standard InChI is InChI=1S/C16H16FNO3/c1-10(14-7-6-12(17)9-15(14)19)18-13-5-3-4-11(8-13)16(20)21-2/h3-10,18-19H,1-2H3. The molecule has 2 rings (SSSR count). The van der Waals surface area contributed by atoms with Crippen LogP contribution in [0.5, 0.6) is 5.75 Å². The molecule has 21 heavy (non-hydrogen) atoms. The first kappa shape index (κ1) is 14.8. The third kappa shape index (κ3) is 3.51. The maximum absolute atomic E-state index is 13.0. The molecule has 0 saturated heterocycles. The number of carbonyl (C=O) groups excluding carboxylic acids is 1. The number of hydrogen-bond donors (Lipinski definition) is 2. The summed E-state index contributed by atoms with van der Waals surface area (Å²) in [7, 11) is 1.32. The zero-order chi connectivity index (χ0) is 15.4. The lowest BCUT2D eigenvalue weighted by Crippen LogP contribution is -2.08. The number of carbonyl (C=O) groups is 1. The number of nitrogens with one attached hydrogen (secondary N) is 1. The Morgan fingerprint density at radius 2 is 2.05 bits per heavy atom. The molecule has 2 aromatic rings. The van der Waals surface area contributed by atoms with Gasteiger partial charge in [-0.15, -0.1) is 0 Å². The predicted octanol–water partition coefficient (Wildman–Crippen LogP) is 3.49. The van der Waals surface area contributed by atoms with E-state index >= 15 is 0 Å². The number of hydrogen-bond acceptors (Lipinski definition) is 4. The van der Waals surface area contributed by atoms with Crippen molar-refractivity contribution in [3.8, 4) is 5.75 Å². The van der Waals surface area contributed by atoms with Crippen LogP contribution in [-0.2, 0) is 4.74 Å². The number of ether oxygens (including phenoxy) is 1. The molecule has 0 amide bonds.